The van der Waals surface area contributed by atoms with E-state index in [1.807, 2.05) is 13.8 Å². The van der Waals surface area contributed by atoms with Crippen LogP contribution >= 0.6 is 36.2 Å². The van der Waals surface area contributed by atoms with Gasteiger partial charge in [-0.1, -0.05) is 13.8 Å². The minimum atomic E-state index is -0.386. The predicted octanol–water partition coefficient (Wildman–Crippen LogP) is 4.26. The van der Waals surface area contributed by atoms with Gasteiger partial charge in [-0.15, -0.1) is 36.2 Å². The monoisotopic (exact) mass is 437 g/mol. The lowest BCUT2D eigenvalue weighted by Gasteiger charge is -2.26. The summed E-state index contributed by atoms with van der Waals surface area (Å²) in [6.07, 6.45) is 1.59. The van der Waals surface area contributed by atoms with E-state index < -0.39 is 0 Å². The Bertz CT molecular complexity index is 722. The molecule has 0 bridgehead atoms. The molecule has 1 aromatic carbocycles. The Morgan fingerprint density at radius 1 is 1.26 bits per heavy atom. The first-order valence-corrected chi connectivity index (χ1v) is 9.10. The first-order chi connectivity index (χ1) is 11.9. The number of hydrogen-bond acceptors (Lipinski definition) is 5. The van der Waals surface area contributed by atoms with Gasteiger partial charge in [0.15, 0.2) is 0 Å². The maximum absolute atomic E-state index is 12.9. The van der Waals surface area contributed by atoms with Gasteiger partial charge in [-0.05, 0) is 44.0 Å². The van der Waals surface area contributed by atoms with Gasteiger partial charge in [-0.3, -0.25) is 4.79 Å². The second kappa shape index (κ2) is 11.4. The number of nitrogens with zero attached hydrogens (tertiary/aromatic N) is 1. The molecule has 2 rings (SSSR count). The molecule has 5 nitrogen and oxygen atoms in total. The summed E-state index contributed by atoms with van der Waals surface area (Å²) in [4.78, 5) is 17.3. The zero-order chi connectivity index (χ0) is 18.4. The van der Waals surface area contributed by atoms with Crippen molar-refractivity contribution in [1.82, 2.24) is 10.3 Å². The van der Waals surface area contributed by atoms with Gasteiger partial charge in [0.2, 0.25) is 0 Å². The summed E-state index contributed by atoms with van der Waals surface area (Å²) in [6.45, 7) is 6.48. The van der Waals surface area contributed by atoms with Gasteiger partial charge in [0.05, 0.1) is 5.69 Å². The largest absolute Gasteiger partial charge is 0.486 e. The van der Waals surface area contributed by atoms with Crippen LogP contribution in [0.5, 0.6) is 5.75 Å². The van der Waals surface area contributed by atoms with Crippen LogP contribution in [0, 0.1) is 12.7 Å². The van der Waals surface area contributed by atoms with Crippen molar-refractivity contribution < 1.29 is 13.9 Å². The van der Waals surface area contributed by atoms with E-state index in [0.29, 0.717) is 27.9 Å². The number of carbonyl (C=O) groups is 1. The first-order valence-electron chi connectivity index (χ1n) is 8.28. The fourth-order valence-corrected chi connectivity index (χ4v) is 3.13. The zero-order valence-corrected chi connectivity index (χ0v) is 18.0. The van der Waals surface area contributed by atoms with Gasteiger partial charge < -0.3 is 15.8 Å². The molecule has 0 atom stereocenters. The molecular weight excluding hydrogens is 412 g/mol. The Hall–Kier alpha value is -1.41. The number of benzene rings is 1. The van der Waals surface area contributed by atoms with Crippen molar-refractivity contribution in [1.29, 1.82) is 0 Å². The number of halogens is 3. The molecule has 0 unspecified atom stereocenters. The number of aromatic nitrogens is 1. The number of aryl methyl sites for hydroxylation is 1. The second-order valence-corrected chi connectivity index (χ2v) is 7.10. The van der Waals surface area contributed by atoms with E-state index in [-0.39, 0.29) is 48.7 Å². The maximum Gasteiger partial charge on any atom is 0.263 e. The number of amides is 1. The van der Waals surface area contributed by atoms with Crippen molar-refractivity contribution in [3.05, 3.63) is 45.7 Å². The summed E-state index contributed by atoms with van der Waals surface area (Å²) in [5, 5.41) is 3.59. The van der Waals surface area contributed by atoms with Crippen LogP contribution in [0.2, 0.25) is 0 Å². The van der Waals surface area contributed by atoms with Crippen molar-refractivity contribution >= 4 is 42.1 Å². The maximum atomic E-state index is 12.9. The first kappa shape index (κ1) is 25.6. The third-order valence-electron chi connectivity index (χ3n) is 4.23. The molecule has 0 spiro atoms. The summed E-state index contributed by atoms with van der Waals surface area (Å²) in [7, 11) is 0. The van der Waals surface area contributed by atoms with E-state index in [2.05, 4.69) is 10.3 Å². The van der Waals surface area contributed by atoms with E-state index >= 15 is 0 Å². The minimum Gasteiger partial charge on any atom is -0.486 e. The SMILES string of the molecule is CCC(N)(CC)CNC(=O)c1sc(COc2ccc(F)cc2)nc1C.Cl.Cl. The quantitative estimate of drug-likeness (QED) is 0.646. The molecule has 9 heteroatoms. The molecule has 1 amide bonds. The smallest absolute Gasteiger partial charge is 0.263 e. The Morgan fingerprint density at radius 2 is 1.85 bits per heavy atom. The molecule has 0 aliphatic heterocycles. The third kappa shape index (κ3) is 7.25. The molecule has 2 aromatic rings. The van der Waals surface area contributed by atoms with Crippen molar-refractivity contribution in [2.75, 3.05) is 6.54 Å². The van der Waals surface area contributed by atoms with Crippen molar-refractivity contribution in [3.63, 3.8) is 0 Å². The van der Waals surface area contributed by atoms with Gasteiger partial charge in [-0.25, -0.2) is 9.37 Å². The number of rotatable bonds is 8. The molecule has 0 aliphatic carbocycles. The molecule has 27 heavy (non-hydrogen) atoms. The van der Waals surface area contributed by atoms with Crippen LogP contribution in [-0.2, 0) is 6.61 Å². The summed E-state index contributed by atoms with van der Waals surface area (Å²) in [6, 6.07) is 5.78. The Morgan fingerprint density at radius 3 is 2.41 bits per heavy atom. The van der Waals surface area contributed by atoms with Crippen molar-refractivity contribution in [2.24, 2.45) is 5.73 Å². The molecule has 0 fully saturated rings. The highest BCUT2D eigenvalue weighted by Gasteiger charge is 2.23. The van der Waals surface area contributed by atoms with Crippen LogP contribution in [-0.4, -0.2) is 23.0 Å². The van der Waals surface area contributed by atoms with Gasteiger partial charge in [0.1, 0.15) is 28.1 Å². The summed E-state index contributed by atoms with van der Waals surface area (Å²) < 4.78 is 18.5. The number of nitrogens with one attached hydrogen (secondary N) is 1. The molecule has 1 aromatic heterocycles. The normalized spacial score (nSPS) is 10.6. The average molecular weight is 438 g/mol. The highest BCUT2D eigenvalue weighted by molar-refractivity contribution is 7.13. The predicted molar refractivity (Wildman–Crippen MR) is 112 cm³/mol. The Labute approximate surface area is 175 Å². The highest BCUT2D eigenvalue weighted by Crippen LogP contribution is 2.21. The zero-order valence-electron chi connectivity index (χ0n) is 15.6. The molecule has 152 valence electrons. The van der Waals surface area contributed by atoms with Crippen LogP contribution in [0.3, 0.4) is 0 Å². The summed E-state index contributed by atoms with van der Waals surface area (Å²) in [5.41, 5.74) is 6.49. The lowest BCUT2D eigenvalue weighted by molar-refractivity contribution is 0.0945. The average Bonchev–Trinajstić information content (AvgIpc) is 2.99. The summed E-state index contributed by atoms with van der Waals surface area (Å²) >= 11 is 1.29. The molecule has 0 saturated heterocycles. The van der Waals surface area contributed by atoms with E-state index in [0.717, 1.165) is 12.8 Å². The fourth-order valence-electron chi connectivity index (χ4n) is 2.24. The molecule has 0 saturated carbocycles. The van der Waals surface area contributed by atoms with Crippen LogP contribution in [0.15, 0.2) is 24.3 Å². The third-order valence-corrected chi connectivity index (χ3v) is 5.36. The molecule has 3 N–H and O–H groups in total. The Balaban J connectivity index is 0.00000338. The van der Waals surface area contributed by atoms with Gasteiger partial charge >= 0.3 is 0 Å². The van der Waals surface area contributed by atoms with Gasteiger partial charge in [0, 0.05) is 12.1 Å². The lowest BCUT2D eigenvalue weighted by Crippen LogP contribution is -2.49. The van der Waals surface area contributed by atoms with Gasteiger partial charge in [-0.2, -0.15) is 0 Å². The number of hydrogen-bond donors (Lipinski definition) is 2. The number of carbonyl (C=O) groups excluding carboxylic acids is 1. The lowest BCUT2D eigenvalue weighted by atomic mass is 9.94. The Kier molecular flexibility index (Phi) is 10.8. The van der Waals surface area contributed by atoms with E-state index in [9.17, 15) is 9.18 Å². The van der Waals surface area contributed by atoms with Crippen molar-refractivity contribution in [2.45, 2.75) is 45.8 Å². The van der Waals surface area contributed by atoms with Gasteiger partial charge in [0.25, 0.3) is 5.91 Å². The second-order valence-electron chi connectivity index (χ2n) is 6.02. The van der Waals surface area contributed by atoms with E-state index in [1.165, 1.54) is 23.5 Å². The van der Waals surface area contributed by atoms with Crippen molar-refractivity contribution in [3.8, 4) is 5.75 Å². The fraction of sp³-hybridized carbons (Fsp3) is 0.444. The topological polar surface area (TPSA) is 77.2 Å². The van der Waals surface area contributed by atoms with Crippen LogP contribution in [0.25, 0.3) is 0 Å². The molecule has 0 aliphatic rings. The summed E-state index contributed by atoms with van der Waals surface area (Å²) in [5.74, 6) is 0.0744. The number of ether oxygens (including phenoxy) is 1. The standard InChI is InChI=1S/C18H24FN3O2S.2ClH/c1-4-18(20,5-2)11-21-17(23)16-12(3)22-15(25-16)10-24-14-8-6-13(19)7-9-14;;/h6-9H,4-5,10-11,20H2,1-3H3,(H,21,23);2*1H. The van der Waals surface area contributed by atoms with Crippen LogP contribution < -0.4 is 15.8 Å². The minimum absolute atomic E-state index is 0. The molecule has 1 heterocycles. The van der Waals surface area contributed by atoms with Crippen LogP contribution in [0.4, 0.5) is 4.39 Å². The van der Waals surface area contributed by atoms with E-state index in [4.69, 9.17) is 10.5 Å². The van der Waals surface area contributed by atoms with E-state index in [1.54, 1.807) is 19.1 Å². The van der Waals surface area contributed by atoms with Crippen LogP contribution in [0.1, 0.15) is 47.1 Å². The molecule has 0 radical (unpaired) electrons. The number of nitrogens with two attached hydrogens (primary N) is 1. The number of thiazole rings is 1. The molecular formula is C18H26Cl2FN3O2S. The highest BCUT2D eigenvalue weighted by atomic mass is 35.5.